The summed E-state index contributed by atoms with van der Waals surface area (Å²) in [5.74, 6) is 0. The number of rotatable bonds is 1. The van der Waals surface area contributed by atoms with Gasteiger partial charge in [-0.3, -0.25) is 9.78 Å². The number of nitrogens with one attached hydrogen (secondary N) is 3. The maximum atomic E-state index is 11.2. The molecule has 0 radical (unpaired) electrons. The number of aromatic nitrogens is 2. The Morgan fingerprint density at radius 2 is 2.07 bits per heavy atom. The van der Waals surface area contributed by atoms with Crippen LogP contribution in [0.4, 0.5) is 0 Å². The Morgan fingerprint density at radius 1 is 1.29 bits per heavy atom. The molecule has 1 aromatic heterocycles. The van der Waals surface area contributed by atoms with Crippen molar-refractivity contribution in [3.8, 4) is 0 Å². The van der Waals surface area contributed by atoms with Crippen molar-refractivity contribution in [2.75, 3.05) is 6.54 Å². The third-order valence-electron chi connectivity index (χ3n) is 2.32. The molecule has 14 heavy (non-hydrogen) atoms. The van der Waals surface area contributed by atoms with Gasteiger partial charge in [0.25, 0.3) is 5.56 Å². The maximum Gasteiger partial charge on any atom is 0.326 e. The molecule has 0 aliphatic carbocycles. The molecule has 1 aromatic rings. The van der Waals surface area contributed by atoms with Gasteiger partial charge in [-0.2, -0.15) is 0 Å². The summed E-state index contributed by atoms with van der Waals surface area (Å²) in [5.41, 5.74) is -0.542. The summed E-state index contributed by atoms with van der Waals surface area (Å²) < 4.78 is 0. The lowest BCUT2D eigenvalue weighted by molar-refractivity contribution is 0.621. The fraction of sp³-hybridized carbons (Fsp3) is 0.500. The second kappa shape index (κ2) is 3.59. The number of H-pyrrole nitrogens is 2. The van der Waals surface area contributed by atoms with E-state index in [0.29, 0.717) is 5.69 Å². The molecule has 0 unspecified atom stereocenters. The van der Waals surface area contributed by atoms with Crippen molar-refractivity contribution in [1.29, 1.82) is 0 Å². The van der Waals surface area contributed by atoms with Crippen molar-refractivity contribution in [1.82, 2.24) is 15.3 Å². The van der Waals surface area contributed by atoms with E-state index in [1.807, 2.05) is 0 Å². The van der Waals surface area contributed by atoms with E-state index in [9.17, 15) is 9.59 Å². The van der Waals surface area contributed by atoms with Gasteiger partial charge in [0.15, 0.2) is 0 Å². The van der Waals surface area contributed by atoms with Crippen LogP contribution in [0.3, 0.4) is 0 Å². The van der Waals surface area contributed by atoms with Gasteiger partial charge in [0.05, 0.1) is 5.69 Å². The molecule has 0 aromatic carbocycles. The largest absolute Gasteiger partial charge is 0.326 e. The molecular weight excluding hydrogens is 206 g/mol. The quantitative estimate of drug-likeness (QED) is 0.624. The van der Waals surface area contributed by atoms with Gasteiger partial charge >= 0.3 is 5.69 Å². The smallest absolute Gasteiger partial charge is 0.309 e. The van der Waals surface area contributed by atoms with Gasteiger partial charge in [-0.05, 0) is 19.4 Å². The highest BCUT2D eigenvalue weighted by molar-refractivity contribution is 6.31. The monoisotopic (exact) mass is 215 g/mol. The summed E-state index contributed by atoms with van der Waals surface area (Å²) in [6.07, 6.45) is 1.91. The van der Waals surface area contributed by atoms with E-state index in [2.05, 4.69) is 15.3 Å². The zero-order chi connectivity index (χ0) is 10.1. The van der Waals surface area contributed by atoms with Crippen LogP contribution in [0.25, 0.3) is 0 Å². The van der Waals surface area contributed by atoms with E-state index in [1.54, 1.807) is 0 Å². The minimum absolute atomic E-state index is 0.00231. The van der Waals surface area contributed by atoms with Gasteiger partial charge in [0.2, 0.25) is 0 Å². The van der Waals surface area contributed by atoms with Crippen molar-refractivity contribution >= 4 is 11.6 Å². The zero-order valence-corrected chi connectivity index (χ0v) is 8.15. The fourth-order valence-electron chi connectivity index (χ4n) is 1.66. The Morgan fingerprint density at radius 3 is 2.71 bits per heavy atom. The molecule has 3 N–H and O–H groups in total. The fourth-order valence-corrected chi connectivity index (χ4v) is 1.89. The van der Waals surface area contributed by atoms with E-state index in [-0.39, 0.29) is 11.1 Å². The van der Waals surface area contributed by atoms with Crippen molar-refractivity contribution in [3.63, 3.8) is 0 Å². The molecule has 1 atom stereocenters. The normalized spacial score (nSPS) is 21.4. The number of halogens is 1. The van der Waals surface area contributed by atoms with Crippen molar-refractivity contribution in [2.45, 2.75) is 18.9 Å². The Bertz CT molecular complexity index is 445. The summed E-state index contributed by atoms with van der Waals surface area (Å²) in [6, 6.07) is -0.00231. The van der Waals surface area contributed by atoms with Crippen LogP contribution in [0, 0.1) is 0 Å². The van der Waals surface area contributed by atoms with Crippen LogP contribution in [0.1, 0.15) is 24.6 Å². The topological polar surface area (TPSA) is 77.8 Å². The summed E-state index contributed by atoms with van der Waals surface area (Å²) >= 11 is 5.79. The van der Waals surface area contributed by atoms with Crippen LogP contribution in [0.2, 0.25) is 5.02 Å². The molecule has 5 nitrogen and oxygen atoms in total. The van der Waals surface area contributed by atoms with Crippen molar-refractivity contribution in [2.24, 2.45) is 0 Å². The van der Waals surface area contributed by atoms with Crippen LogP contribution in [-0.2, 0) is 0 Å². The van der Waals surface area contributed by atoms with Crippen molar-refractivity contribution < 1.29 is 0 Å². The van der Waals surface area contributed by atoms with Crippen LogP contribution in [-0.4, -0.2) is 16.5 Å². The lowest BCUT2D eigenvalue weighted by Gasteiger charge is -2.10. The predicted octanol–water partition coefficient (Wildman–Crippen LogP) is 0.141. The average Bonchev–Trinajstić information content (AvgIpc) is 2.63. The lowest BCUT2D eigenvalue weighted by atomic mass is 10.1. The van der Waals surface area contributed by atoms with E-state index >= 15 is 0 Å². The number of hydrogen-bond acceptors (Lipinski definition) is 3. The molecule has 0 bridgehead atoms. The first-order valence-corrected chi connectivity index (χ1v) is 4.81. The molecule has 2 rings (SSSR count). The van der Waals surface area contributed by atoms with Gasteiger partial charge in [0, 0.05) is 6.04 Å². The molecule has 0 saturated carbocycles. The molecular formula is C8H10ClN3O2. The average molecular weight is 216 g/mol. The summed E-state index contributed by atoms with van der Waals surface area (Å²) in [4.78, 5) is 26.8. The van der Waals surface area contributed by atoms with Gasteiger partial charge < -0.3 is 10.3 Å². The maximum absolute atomic E-state index is 11.2. The second-order valence-corrected chi connectivity index (χ2v) is 3.66. The van der Waals surface area contributed by atoms with Gasteiger partial charge in [0.1, 0.15) is 5.02 Å². The summed E-state index contributed by atoms with van der Waals surface area (Å²) in [7, 11) is 0. The summed E-state index contributed by atoms with van der Waals surface area (Å²) in [5, 5.41) is 3.23. The minimum atomic E-state index is -0.529. The molecule has 2 heterocycles. The third kappa shape index (κ3) is 1.60. The lowest BCUT2D eigenvalue weighted by Crippen LogP contribution is -2.28. The molecule has 1 aliphatic heterocycles. The van der Waals surface area contributed by atoms with E-state index < -0.39 is 11.2 Å². The third-order valence-corrected chi connectivity index (χ3v) is 2.70. The predicted molar refractivity (Wildman–Crippen MR) is 52.7 cm³/mol. The number of aromatic amines is 2. The first-order chi connectivity index (χ1) is 6.68. The molecule has 76 valence electrons. The van der Waals surface area contributed by atoms with Crippen LogP contribution < -0.4 is 16.6 Å². The SMILES string of the molecule is O=c1[nH]c([C@@H]2CCCN2)c(Cl)c(=O)[nH]1. The highest BCUT2D eigenvalue weighted by atomic mass is 35.5. The van der Waals surface area contributed by atoms with Gasteiger partial charge in [-0.15, -0.1) is 0 Å². The number of hydrogen-bond donors (Lipinski definition) is 3. The standard InChI is InChI=1S/C8H10ClN3O2/c9-5-6(4-2-1-3-10-4)11-8(14)12-7(5)13/h4,10H,1-3H2,(H2,11,12,13,14)/t4-/m0/s1. The second-order valence-electron chi connectivity index (χ2n) is 3.28. The molecule has 6 heteroatoms. The molecule has 1 saturated heterocycles. The highest BCUT2D eigenvalue weighted by Crippen LogP contribution is 2.23. The Labute approximate surface area is 84.5 Å². The Balaban J connectivity index is 2.51. The first kappa shape index (κ1) is 9.48. The van der Waals surface area contributed by atoms with E-state index in [4.69, 9.17) is 11.6 Å². The van der Waals surface area contributed by atoms with Crippen LogP contribution in [0.15, 0.2) is 9.59 Å². The Kier molecular flexibility index (Phi) is 2.43. The highest BCUT2D eigenvalue weighted by Gasteiger charge is 2.21. The van der Waals surface area contributed by atoms with Crippen molar-refractivity contribution in [3.05, 3.63) is 31.6 Å². The molecule has 0 amide bonds. The minimum Gasteiger partial charge on any atom is -0.309 e. The molecule has 0 spiro atoms. The molecule has 1 aliphatic rings. The van der Waals surface area contributed by atoms with E-state index in [0.717, 1.165) is 19.4 Å². The summed E-state index contributed by atoms with van der Waals surface area (Å²) in [6.45, 7) is 0.885. The Hall–Kier alpha value is -1.07. The van der Waals surface area contributed by atoms with E-state index in [1.165, 1.54) is 0 Å². The van der Waals surface area contributed by atoms with Crippen LogP contribution >= 0.6 is 11.6 Å². The van der Waals surface area contributed by atoms with Crippen LogP contribution in [0.5, 0.6) is 0 Å². The zero-order valence-electron chi connectivity index (χ0n) is 7.39. The van der Waals surface area contributed by atoms with Gasteiger partial charge in [-0.25, -0.2) is 4.79 Å². The first-order valence-electron chi connectivity index (χ1n) is 4.44. The van der Waals surface area contributed by atoms with Gasteiger partial charge in [-0.1, -0.05) is 11.6 Å². The molecule has 1 fully saturated rings.